The van der Waals surface area contributed by atoms with Gasteiger partial charge in [-0.1, -0.05) is 160 Å². The van der Waals surface area contributed by atoms with Gasteiger partial charge in [-0.3, -0.25) is 0 Å². The quantitative estimate of drug-likeness (QED) is 0.159. The zero-order valence-corrected chi connectivity index (χ0v) is 32.5. The van der Waals surface area contributed by atoms with Crippen molar-refractivity contribution < 1.29 is 0 Å². The Labute approximate surface area is 330 Å². The molecule has 2 heteroatoms. The minimum absolute atomic E-state index is 0.0339. The van der Waals surface area contributed by atoms with Crippen LogP contribution in [0.1, 0.15) is 26.3 Å². The topological polar surface area (TPSA) is 4.93 Å². The van der Waals surface area contributed by atoms with Crippen LogP contribution >= 0.6 is 11.3 Å². The maximum Gasteiger partial charge on any atom is 0.0541 e. The van der Waals surface area contributed by atoms with Gasteiger partial charge in [0.2, 0.25) is 0 Å². The number of rotatable bonds is 4. The number of thiophene rings is 1. The minimum atomic E-state index is 0.0339. The van der Waals surface area contributed by atoms with Crippen LogP contribution in [0.4, 0.5) is 0 Å². The lowest BCUT2D eigenvalue weighted by Crippen LogP contribution is -2.10. The summed E-state index contributed by atoms with van der Waals surface area (Å²) in [6.07, 6.45) is 0. The van der Waals surface area contributed by atoms with Gasteiger partial charge in [-0.25, -0.2) is 0 Å². The van der Waals surface area contributed by atoms with Crippen LogP contribution in [0.25, 0.3) is 103 Å². The van der Waals surface area contributed by atoms with Gasteiger partial charge in [-0.2, -0.15) is 0 Å². The summed E-state index contributed by atoms with van der Waals surface area (Å²) in [6, 6.07) is 67.6. The molecule has 2 aromatic heterocycles. The summed E-state index contributed by atoms with van der Waals surface area (Å²) < 4.78 is 5.14. The highest BCUT2D eigenvalue weighted by Gasteiger charge is 2.21. The fourth-order valence-corrected chi connectivity index (χ4v) is 10.3. The molecule has 0 aliphatic rings. The van der Waals surface area contributed by atoms with Crippen molar-refractivity contribution in [1.82, 2.24) is 4.57 Å². The van der Waals surface area contributed by atoms with E-state index < -0.39 is 0 Å². The number of hydrogen-bond acceptors (Lipinski definition) is 1. The number of aromatic nitrogens is 1. The molecule has 0 saturated heterocycles. The predicted octanol–water partition coefficient (Wildman–Crippen LogP) is 15.8. The molecule has 11 rings (SSSR count). The Morgan fingerprint density at radius 3 is 1.55 bits per heavy atom. The van der Waals surface area contributed by atoms with Crippen LogP contribution in [0.2, 0.25) is 0 Å². The van der Waals surface area contributed by atoms with E-state index in [0.717, 1.165) is 5.69 Å². The Hall–Kier alpha value is -6.48. The molecule has 0 unspecified atom stereocenters. The SMILES string of the molecule is CC(C)(C)c1ccc2c(c1)c1cc(-c3cccc4c3sc3ccccc34)ccc1n2-c1ccc(-c2c3ccccc3c(-c3ccccc3)c3ccccc23)cc1. The van der Waals surface area contributed by atoms with Crippen molar-refractivity contribution in [3.63, 3.8) is 0 Å². The molecule has 0 saturated carbocycles. The largest absolute Gasteiger partial charge is 0.309 e. The van der Waals surface area contributed by atoms with Gasteiger partial charge in [0.15, 0.2) is 0 Å². The molecular formula is C54H39NS. The zero-order valence-electron chi connectivity index (χ0n) is 31.7. The van der Waals surface area contributed by atoms with E-state index in [9.17, 15) is 0 Å². The average Bonchev–Trinajstić information content (AvgIpc) is 3.78. The van der Waals surface area contributed by atoms with Crippen LogP contribution in [-0.4, -0.2) is 4.57 Å². The number of benzene rings is 9. The van der Waals surface area contributed by atoms with E-state index in [4.69, 9.17) is 0 Å². The van der Waals surface area contributed by atoms with Gasteiger partial charge in [-0.15, -0.1) is 11.3 Å². The molecule has 0 spiro atoms. The first-order valence-electron chi connectivity index (χ1n) is 19.5. The second-order valence-electron chi connectivity index (χ2n) is 16.1. The van der Waals surface area contributed by atoms with Crippen LogP contribution in [0.15, 0.2) is 182 Å². The number of hydrogen-bond donors (Lipinski definition) is 0. The Balaban J connectivity index is 1.11. The summed E-state index contributed by atoms with van der Waals surface area (Å²) in [5.41, 5.74) is 12.5. The first-order valence-corrected chi connectivity index (χ1v) is 20.3. The second kappa shape index (κ2) is 12.5. The van der Waals surface area contributed by atoms with Gasteiger partial charge in [0.25, 0.3) is 0 Å². The van der Waals surface area contributed by atoms with E-state index in [1.165, 1.54) is 102 Å². The number of nitrogens with zero attached hydrogens (tertiary/aromatic N) is 1. The van der Waals surface area contributed by atoms with Crippen molar-refractivity contribution in [3.05, 3.63) is 188 Å². The lowest BCUT2D eigenvalue weighted by atomic mass is 9.86. The van der Waals surface area contributed by atoms with E-state index in [-0.39, 0.29) is 5.41 Å². The third-order valence-electron chi connectivity index (χ3n) is 11.8. The molecule has 0 radical (unpaired) electrons. The maximum atomic E-state index is 2.46. The monoisotopic (exact) mass is 733 g/mol. The third kappa shape index (κ3) is 5.06. The van der Waals surface area contributed by atoms with Gasteiger partial charge in [0, 0.05) is 36.6 Å². The molecule has 266 valence electrons. The van der Waals surface area contributed by atoms with Crippen molar-refractivity contribution in [2.75, 3.05) is 0 Å². The van der Waals surface area contributed by atoms with Crippen LogP contribution < -0.4 is 0 Å². The molecule has 9 aromatic carbocycles. The van der Waals surface area contributed by atoms with Crippen LogP contribution in [0.5, 0.6) is 0 Å². The number of fused-ring (bicyclic) bond motifs is 8. The van der Waals surface area contributed by atoms with E-state index >= 15 is 0 Å². The molecule has 0 atom stereocenters. The van der Waals surface area contributed by atoms with Crippen LogP contribution in [0, 0.1) is 0 Å². The molecule has 11 aromatic rings. The van der Waals surface area contributed by atoms with Crippen molar-refractivity contribution in [2.45, 2.75) is 26.2 Å². The molecule has 1 nitrogen and oxygen atoms in total. The Kier molecular flexibility index (Phi) is 7.36. The molecular weight excluding hydrogens is 695 g/mol. The molecule has 56 heavy (non-hydrogen) atoms. The van der Waals surface area contributed by atoms with Gasteiger partial charge >= 0.3 is 0 Å². The highest BCUT2D eigenvalue weighted by Crippen LogP contribution is 2.45. The van der Waals surface area contributed by atoms with Gasteiger partial charge in [0.1, 0.15) is 0 Å². The average molecular weight is 734 g/mol. The highest BCUT2D eigenvalue weighted by atomic mass is 32.1. The Bertz CT molecular complexity index is 3260. The minimum Gasteiger partial charge on any atom is -0.309 e. The summed E-state index contributed by atoms with van der Waals surface area (Å²) in [6.45, 7) is 6.92. The highest BCUT2D eigenvalue weighted by molar-refractivity contribution is 7.26. The lowest BCUT2D eigenvalue weighted by Gasteiger charge is -2.19. The first-order chi connectivity index (χ1) is 27.4. The second-order valence-corrected chi connectivity index (χ2v) is 17.1. The maximum absolute atomic E-state index is 2.46. The summed E-state index contributed by atoms with van der Waals surface area (Å²) in [5.74, 6) is 0. The van der Waals surface area contributed by atoms with Gasteiger partial charge in [0.05, 0.1) is 11.0 Å². The molecule has 2 heterocycles. The molecule has 0 amide bonds. The lowest BCUT2D eigenvalue weighted by molar-refractivity contribution is 0.591. The van der Waals surface area contributed by atoms with Crippen LogP contribution in [-0.2, 0) is 5.41 Å². The van der Waals surface area contributed by atoms with E-state index in [2.05, 4.69) is 207 Å². The Morgan fingerprint density at radius 1 is 0.393 bits per heavy atom. The summed E-state index contributed by atoms with van der Waals surface area (Å²) in [7, 11) is 0. The van der Waals surface area contributed by atoms with Crippen molar-refractivity contribution in [3.8, 4) is 39.1 Å². The predicted molar refractivity (Wildman–Crippen MR) is 244 cm³/mol. The zero-order chi connectivity index (χ0) is 37.5. The molecule has 0 aliphatic carbocycles. The molecule has 0 bridgehead atoms. The van der Waals surface area contributed by atoms with Crippen molar-refractivity contribution in [1.29, 1.82) is 0 Å². The fourth-order valence-electron chi connectivity index (χ4n) is 9.04. The van der Waals surface area contributed by atoms with E-state index in [1.807, 2.05) is 11.3 Å². The summed E-state index contributed by atoms with van der Waals surface area (Å²) in [5, 5.41) is 10.3. The van der Waals surface area contributed by atoms with Crippen LogP contribution in [0.3, 0.4) is 0 Å². The smallest absolute Gasteiger partial charge is 0.0541 e. The van der Waals surface area contributed by atoms with E-state index in [1.54, 1.807) is 0 Å². The standard InChI is InChI=1S/C54H39NS/c1-54(2,3)37-27-31-49-47(33-37)46-32-36(39-21-13-22-45-40-16-11-12-23-50(40)56-53(39)45)26-30-48(46)55(49)38-28-24-35(25-29-38)52-43-19-9-7-17-41(43)51(34-14-5-4-6-15-34)42-18-8-10-20-44(42)52/h4-33H,1-3H3. The summed E-state index contributed by atoms with van der Waals surface area (Å²) in [4.78, 5) is 0. The third-order valence-corrected chi connectivity index (χ3v) is 13.0. The Morgan fingerprint density at radius 2 is 0.911 bits per heavy atom. The van der Waals surface area contributed by atoms with Gasteiger partial charge < -0.3 is 4.57 Å². The summed E-state index contributed by atoms with van der Waals surface area (Å²) >= 11 is 1.89. The fraction of sp³-hybridized carbons (Fsp3) is 0.0741. The normalized spacial score (nSPS) is 12.2. The van der Waals surface area contributed by atoms with Crippen molar-refractivity contribution >= 4 is 74.9 Å². The first kappa shape index (κ1) is 32.9. The molecule has 0 fully saturated rings. The molecule has 0 aliphatic heterocycles. The van der Waals surface area contributed by atoms with Crippen molar-refractivity contribution in [2.24, 2.45) is 0 Å². The molecule has 0 N–H and O–H groups in total. The van der Waals surface area contributed by atoms with Gasteiger partial charge in [-0.05, 0) is 108 Å². The van der Waals surface area contributed by atoms with E-state index in [0.29, 0.717) is 0 Å².